The molecule has 128 valence electrons. The Kier molecular flexibility index (Phi) is 5.20. The first-order valence-corrected chi connectivity index (χ1v) is 9.62. The van der Waals surface area contributed by atoms with Crippen molar-refractivity contribution < 1.29 is 14.7 Å². The van der Waals surface area contributed by atoms with Gasteiger partial charge < -0.3 is 10.0 Å². The summed E-state index contributed by atoms with van der Waals surface area (Å²) in [5.41, 5.74) is 0.559. The minimum Gasteiger partial charge on any atom is -0.481 e. The third-order valence-corrected chi connectivity index (χ3v) is 5.74. The van der Waals surface area contributed by atoms with Crippen molar-refractivity contribution in [2.75, 3.05) is 18.8 Å². The lowest BCUT2D eigenvalue weighted by atomic mass is 9.97. The van der Waals surface area contributed by atoms with Gasteiger partial charge in [-0.25, -0.2) is 4.98 Å². The summed E-state index contributed by atoms with van der Waals surface area (Å²) in [6.07, 6.45) is 2.72. The molecular formula is C15H17N3O4S2. The van der Waals surface area contributed by atoms with Crippen LogP contribution in [0.15, 0.2) is 22.4 Å². The van der Waals surface area contributed by atoms with Gasteiger partial charge in [-0.05, 0) is 12.8 Å². The van der Waals surface area contributed by atoms with Crippen LogP contribution < -0.4 is 5.56 Å². The van der Waals surface area contributed by atoms with Gasteiger partial charge in [0.15, 0.2) is 4.96 Å². The minimum absolute atomic E-state index is 0.0118. The van der Waals surface area contributed by atoms with E-state index in [0.717, 1.165) is 0 Å². The fourth-order valence-corrected chi connectivity index (χ4v) is 4.23. The van der Waals surface area contributed by atoms with E-state index in [9.17, 15) is 14.4 Å². The van der Waals surface area contributed by atoms with Crippen molar-refractivity contribution in [3.63, 3.8) is 0 Å². The maximum atomic E-state index is 12.2. The lowest BCUT2D eigenvalue weighted by Gasteiger charge is -2.30. The average Bonchev–Trinajstić information content (AvgIpc) is 3.04. The minimum atomic E-state index is -0.780. The number of amides is 1. The molecule has 2 aromatic heterocycles. The normalized spacial score (nSPS) is 15.8. The van der Waals surface area contributed by atoms with Crippen molar-refractivity contribution in [1.82, 2.24) is 14.3 Å². The Morgan fingerprint density at radius 3 is 2.83 bits per heavy atom. The molecule has 0 saturated carbocycles. The monoisotopic (exact) mass is 367 g/mol. The van der Waals surface area contributed by atoms with Crippen LogP contribution in [0.4, 0.5) is 0 Å². The molecule has 1 aliphatic rings. The molecular weight excluding hydrogens is 350 g/mol. The molecule has 7 nitrogen and oxygen atoms in total. The van der Waals surface area contributed by atoms with Crippen LogP contribution in [0.3, 0.4) is 0 Å². The molecule has 9 heteroatoms. The SMILES string of the molecule is O=C(O)C1CCN(C(=O)CSCc2cc(=O)n3ccsc3n2)CC1. The van der Waals surface area contributed by atoms with Gasteiger partial charge in [0, 0.05) is 36.5 Å². The summed E-state index contributed by atoms with van der Waals surface area (Å²) in [7, 11) is 0. The number of rotatable bonds is 5. The lowest BCUT2D eigenvalue weighted by molar-refractivity contribution is -0.145. The van der Waals surface area contributed by atoms with Gasteiger partial charge in [0.25, 0.3) is 5.56 Å². The van der Waals surface area contributed by atoms with E-state index >= 15 is 0 Å². The Morgan fingerprint density at radius 2 is 2.12 bits per heavy atom. The van der Waals surface area contributed by atoms with Gasteiger partial charge in [-0.15, -0.1) is 23.1 Å². The van der Waals surface area contributed by atoms with Gasteiger partial charge in [-0.3, -0.25) is 18.8 Å². The number of thiazole rings is 1. The topological polar surface area (TPSA) is 92.0 Å². The Hall–Kier alpha value is -1.87. The van der Waals surface area contributed by atoms with Gasteiger partial charge in [-0.2, -0.15) is 0 Å². The highest BCUT2D eigenvalue weighted by atomic mass is 32.2. The summed E-state index contributed by atoms with van der Waals surface area (Å²) in [6.45, 7) is 0.994. The number of carboxylic acid groups (broad SMARTS) is 1. The molecule has 0 aromatic carbocycles. The number of carbonyl (C=O) groups is 2. The molecule has 1 fully saturated rings. The Bertz CT molecular complexity index is 808. The van der Waals surface area contributed by atoms with E-state index in [-0.39, 0.29) is 17.4 Å². The summed E-state index contributed by atoms with van der Waals surface area (Å²) in [6, 6.07) is 1.50. The highest BCUT2D eigenvalue weighted by Crippen LogP contribution is 2.19. The molecule has 24 heavy (non-hydrogen) atoms. The zero-order chi connectivity index (χ0) is 17.1. The number of likely N-dealkylation sites (tertiary alicyclic amines) is 1. The molecule has 0 atom stereocenters. The van der Waals surface area contributed by atoms with Crippen molar-refractivity contribution in [3.8, 4) is 0 Å². The predicted molar refractivity (Wildman–Crippen MR) is 92.4 cm³/mol. The molecule has 3 rings (SSSR count). The number of hydrogen-bond acceptors (Lipinski definition) is 6. The second-order valence-corrected chi connectivity index (χ2v) is 7.49. The van der Waals surface area contributed by atoms with Gasteiger partial charge in [-0.1, -0.05) is 0 Å². The van der Waals surface area contributed by atoms with Gasteiger partial charge in [0.05, 0.1) is 17.4 Å². The molecule has 0 aliphatic carbocycles. The van der Waals surface area contributed by atoms with Crippen LogP contribution in [0.2, 0.25) is 0 Å². The van der Waals surface area contributed by atoms with Crippen LogP contribution in [-0.4, -0.2) is 50.1 Å². The number of hydrogen-bond donors (Lipinski definition) is 1. The standard InChI is InChI=1S/C15H17N3O4S2/c19-12-7-11(16-15-18(12)5-6-24-15)8-23-9-13(20)17-3-1-10(2-4-17)14(21)22/h5-7,10H,1-4,8-9H2,(H,21,22). The fraction of sp³-hybridized carbons (Fsp3) is 0.467. The average molecular weight is 367 g/mol. The fourth-order valence-electron chi connectivity index (χ4n) is 2.67. The molecule has 2 aromatic rings. The number of piperidine rings is 1. The van der Waals surface area contributed by atoms with Gasteiger partial charge in [0.2, 0.25) is 5.91 Å². The quantitative estimate of drug-likeness (QED) is 0.857. The first-order valence-electron chi connectivity index (χ1n) is 7.58. The molecule has 0 radical (unpaired) electrons. The van der Waals surface area contributed by atoms with Crippen molar-refractivity contribution in [1.29, 1.82) is 0 Å². The molecule has 1 aliphatic heterocycles. The number of thioether (sulfide) groups is 1. The maximum Gasteiger partial charge on any atom is 0.306 e. The lowest BCUT2D eigenvalue weighted by Crippen LogP contribution is -2.41. The maximum absolute atomic E-state index is 12.2. The number of nitrogens with zero attached hydrogens (tertiary/aromatic N) is 3. The predicted octanol–water partition coefficient (Wildman–Crippen LogP) is 1.31. The summed E-state index contributed by atoms with van der Waals surface area (Å²) in [5, 5.41) is 10.8. The van der Waals surface area contributed by atoms with E-state index < -0.39 is 5.97 Å². The largest absolute Gasteiger partial charge is 0.481 e. The van der Waals surface area contributed by atoms with Crippen molar-refractivity contribution in [2.24, 2.45) is 5.92 Å². The van der Waals surface area contributed by atoms with Crippen LogP contribution in [0.25, 0.3) is 4.96 Å². The third kappa shape index (κ3) is 3.78. The smallest absolute Gasteiger partial charge is 0.306 e. The van der Waals surface area contributed by atoms with E-state index in [2.05, 4.69) is 4.98 Å². The Labute approximate surface area is 146 Å². The summed E-state index contributed by atoms with van der Waals surface area (Å²) in [5.74, 6) is -0.295. The van der Waals surface area contributed by atoms with Crippen LogP contribution in [-0.2, 0) is 15.3 Å². The molecule has 1 N–H and O–H groups in total. The Morgan fingerprint density at radius 1 is 1.38 bits per heavy atom. The summed E-state index contributed by atoms with van der Waals surface area (Å²) >= 11 is 2.82. The molecule has 3 heterocycles. The zero-order valence-corrected chi connectivity index (χ0v) is 14.5. The van der Waals surface area contributed by atoms with Crippen LogP contribution in [0.1, 0.15) is 18.5 Å². The molecule has 0 spiro atoms. The number of aliphatic carboxylic acids is 1. The van der Waals surface area contributed by atoms with Crippen LogP contribution in [0, 0.1) is 5.92 Å². The van der Waals surface area contributed by atoms with Gasteiger partial charge >= 0.3 is 5.97 Å². The van der Waals surface area contributed by atoms with Crippen molar-refractivity contribution in [3.05, 3.63) is 33.7 Å². The first kappa shape index (κ1) is 17.0. The number of carboxylic acids is 1. The first-order chi connectivity index (χ1) is 11.5. The van der Waals surface area contributed by atoms with E-state index in [0.29, 0.717) is 48.1 Å². The molecule has 0 unspecified atom stereocenters. The molecule has 1 amide bonds. The van der Waals surface area contributed by atoms with Crippen molar-refractivity contribution >= 4 is 39.9 Å². The second kappa shape index (κ2) is 7.35. The second-order valence-electron chi connectivity index (χ2n) is 5.63. The number of fused-ring (bicyclic) bond motifs is 1. The van der Waals surface area contributed by atoms with E-state index in [4.69, 9.17) is 5.11 Å². The van der Waals surface area contributed by atoms with E-state index in [1.807, 2.05) is 5.38 Å². The number of aromatic nitrogens is 2. The van der Waals surface area contributed by atoms with E-state index in [1.165, 1.54) is 33.6 Å². The molecule has 0 bridgehead atoms. The Balaban J connectivity index is 1.50. The summed E-state index contributed by atoms with van der Waals surface area (Å²) in [4.78, 5) is 41.8. The molecule has 1 saturated heterocycles. The van der Waals surface area contributed by atoms with E-state index in [1.54, 1.807) is 11.1 Å². The zero-order valence-electron chi connectivity index (χ0n) is 12.9. The highest BCUT2D eigenvalue weighted by Gasteiger charge is 2.26. The number of carbonyl (C=O) groups excluding carboxylic acids is 1. The highest BCUT2D eigenvalue weighted by molar-refractivity contribution is 7.99. The van der Waals surface area contributed by atoms with Crippen molar-refractivity contribution in [2.45, 2.75) is 18.6 Å². The van der Waals surface area contributed by atoms with Crippen LogP contribution in [0.5, 0.6) is 0 Å². The summed E-state index contributed by atoms with van der Waals surface area (Å²) < 4.78 is 1.50. The third-order valence-electron chi connectivity index (χ3n) is 4.03. The van der Waals surface area contributed by atoms with Crippen LogP contribution >= 0.6 is 23.1 Å². The van der Waals surface area contributed by atoms with Gasteiger partial charge in [0.1, 0.15) is 0 Å².